The highest BCUT2D eigenvalue weighted by atomic mass is 16.5. The number of amides is 2. The molecule has 2 heterocycles. The minimum absolute atomic E-state index is 0.0406. The van der Waals surface area contributed by atoms with Gasteiger partial charge in [0.05, 0.1) is 12.8 Å². The largest absolute Gasteiger partial charge is 0.480 e. The van der Waals surface area contributed by atoms with Crippen molar-refractivity contribution in [2.24, 2.45) is 0 Å². The molecule has 2 aromatic rings. The average Bonchev–Trinajstić information content (AvgIpc) is 2.74. The first-order valence-electron chi connectivity index (χ1n) is 8.66. The molecule has 1 aromatic carbocycles. The third kappa shape index (κ3) is 4.40. The summed E-state index contributed by atoms with van der Waals surface area (Å²) in [4.78, 5) is 28.0. The predicted octanol–water partition coefficient (Wildman–Crippen LogP) is 1.08. The fourth-order valence-corrected chi connectivity index (χ4v) is 2.92. The van der Waals surface area contributed by atoms with Crippen LogP contribution in [0.3, 0.4) is 0 Å². The van der Waals surface area contributed by atoms with Crippen LogP contribution in [0.25, 0.3) is 11.3 Å². The molecule has 1 aromatic heterocycles. The zero-order chi connectivity index (χ0) is 19.2. The van der Waals surface area contributed by atoms with Crippen LogP contribution in [0.4, 0.5) is 0 Å². The molecular weight excluding hydrogens is 348 g/mol. The molecule has 0 atom stereocenters. The molecular formula is C19H22N4O4. The quantitative estimate of drug-likeness (QED) is 0.783. The van der Waals surface area contributed by atoms with Crippen molar-refractivity contribution < 1.29 is 19.1 Å². The Labute approximate surface area is 157 Å². The topological polar surface area (TPSA) is 84.9 Å². The van der Waals surface area contributed by atoms with Crippen LogP contribution in [0.2, 0.25) is 0 Å². The number of piperazine rings is 1. The van der Waals surface area contributed by atoms with E-state index in [1.54, 1.807) is 28.0 Å². The van der Waals surface area contributed by atoms with E-state index in [1.807, 2.05) is 18.2 Å². The van der Waals surface area contributed by atoms with E-state index in [4.69, 9.17) is 9.47 Å². The van der Waals surface area contributed by atoms with Gasteiger partial charge in [-0.15, -0.1) is 10.2 Å². The Kier molecular flexibility index (Phi) is 5.97. The van der Waals surface area contributed by atoms with Crippen molar-refractivity contribution in [3.63, 3.8) is 0 Å². The number of methoxy groups -OCH3 is 2. The van der Waals surface area contributed by atoms with Crippen LogP contribution >= 0.6 is 0 Å². The number of benzene rings is 1. The van der Waals surface area contributed by atoms with Crippen LogP contribution < -0.4 is 4.74 Å². The lowest BCUT2D eigenvalue weighted by Gasteiger charge is -2.34. The molecule has 1 fully saturated rings. The molecule has 27 heavy (non-hydrogen) atoms. The van der Waals surface area contributed by atoms with Gasteiger partial charge in [-0.3, -0.25) is 9.59 Å². The summed E-state index contributed by atoms with van der Waals surface area (Å²) in [7, 11) is 3.04. The summed E-state index contributed by atoms with van der Waals surface area (Å²) in [5.74, 6) is 0.365. The zero-order valence-corrected chi connectivity index (χ0v) is 15.4. The van der Waals surface area contributed by atoms with Gasteiger partial charge in [0.1, 0.15) is 6.61 Å². The monoisotopic (exact) mass is 370 g/mol. The van der Waals surface area contributed by atoms with Crippen LogP contribution in [0.1, 0.15) is 10.4 Å². The first-order chi connectivity index (χ1) is 13.1. The van der Waals surface area contributed by atoms with E-state index in [9.17, 15) is 9.59 Å². The molecule has 0 aliphatic carbocycles. The maximum Gasteiger partial charge on any atom is 0.253 e. The van der Waals surface area contributed by atoms with Gasteiger partial charge in [0.25, 0.3) is 5.91 Å². The van der Waals surface area contributed by atoms with Crippen molar-refractivity contribution in [2.75, 3.05) is 47.0 Å². The van der Waals surface area contributed by atoms with Crippen LogP contribution in [0, 0.1) is 0 Å². The molecule has 0 radical (unpaired) electrons. The first-order valence-corrected chi connectivity index (χ1v) is 8.66. The fraction of sp³-hybridized carbons (Fsp3) is 0.368. The van der Waals surface area contributed by atoms with Crippen molar-refractivity contribution in [3.05, 3.63) is 42.0 Å². The smallest absolute Gasteiger partial charge is 0.253 e. The zero-order valence-electron chi connectivity index (χ0n) is 15.4. The SMILES string of the molecule is COCC(=O)N1CCN(C(=O)c2ccc(-c3ccc(OC)nn3)cc2)CC1. The Morgan fingerprint density at radius 3 is 2.15 bits per heavy atom. The first kappa shape index (κ1) is 18.8. The highest BCUT2D eigenvalue weighted by Gasteiger charge is 2.24. The summed E-state index contributed by atoms with van der Waals surface area (Å²) in [6.07, 6.45) is 0. The summed E-state index contributed by atoms with van der Waals surface area (Å²) in [6, 6.07) is 10.8. The van der Waals surface area contributed by atoms with Crippen molar-refractivity contribution in [1.29, 1.82) is 0 Å². The van der Waals surface area contributed by atoms with Crippen LogP contribution in [0.15, 0.2) is 36.4 Å². The average molecular weight is 370 g/mol. The Hall–Kier alpha value is -3.00. The van der Waals surface area contributed by atoms with Gasteiger partial charge in [0.2, 0.25) is 11.8 Å². The summed E-state index contributed by atoms with van der Waals surface area (Å²) >= 11 is 0. The second-order valence-electron chi connectivity index (χ2n) is 6.14. The molecule has 2 amide bonds. The normalized spacial score (nSPS) is 14.1. The lowest BCUT2D eigenvalue weighted by atomic mass is 10.1. The van der Waals surface area contributed by atoms with E-state index in [-0.39, 0.29) is 18.4 Å². The Morgan fingerprint density at radius 2 is 1.59 bits per heavy atom. The number of carbonyl (C=O) groups is 2. The molecule has 3 rings (SSSR count). The number of nitrogens with zero attached hydrogens (tertiary/aromatic N) is 4. The second kappa shape index (κ2) is 8.59. The number of carbonyl (C=O) groups excluding carboxylic acids is 2. The number of ether oxygens (including phenoxy) is 2. The van der Waals surface area contributed by atoms with Gasteiger partial charge in [-0.25, -0.2) is 0 Å². The van der Waals surface area contributed by atoms with Crippen LogP contribution in [-0.2, 0) is 9.53 Å². The maximum atomic E-state index is 12.7. The van der Waals surface area contributed by atoms with Crippen molar-refractivity contribution in [1.82, 2.24) is 20.0 Å². The van der Waals surface area contributed by atoms with Gasteiger partial charge >= 0.3 is 0 Å². The second-order valence-corrected chi connectivity index (χ2v) is 6.14. The van der Waals surface area contributed by atoms with Gasteiger partial charge in [0, 0.05) is 50.5 Å². The molecule has 0 bridgehead atoms. The number of aromatic nitrogens is 2. The molecule has 8 heteroatoms. The summed E-state index contributed by atoms with van der Waals surface area (Å²) in [6.45, 7) is 2.14. The van der Waals surface area contributed by atoms with Crippen LogP contribution in [0.5, 0.6) is 5.88 Å². The summed E-state index contributed by atoms with van der Waals surface area (Å²) in [5, 5.41) is 8.06. The fourth-order valence-electron chi connectivity index (χ4n) is 2.92. The number of rotatable bonds is 5. The van der Waals surface area contributed by atoms with E-state index in [0.717, 1.165) is 5.56 Å². The standard InChI is InChI=1S/C19H22N4O4/c1-26-13-18(24)22-9-11-23(12-10-22)19(25)15-5-3-14(4-6-15)16-7-8-17(27-2)21-20-16/h3-8H,9-13H2,1-2H3. The molecule has 0 saturated carbocycles. The minimum atomic E-state index is -0.0467. The highest BCUT2D eigenvalue weighted by Crippen LogP contribution is 2.19. The molecule has 142 valence electrons. The molecule has 8 nitrogen and oxygen atoms in total. The molecule has 0 spiro atoms. The van der Waals surface area contributed by atoms with Gasteiger partial charge < -0.3 is 19.3 Å². The predicted molar refractivity (Wildman–Crippen MR) is 98.4 cm³/mol. The maximum absolute atomic E-state index is 12.7. The molecule has 1 aliphatic rings. The lowest BCUT2D eigenvalue weighted by Crippen LogP contribution is -2.51. The Bertz CT molecular complexity index is 784. The molecule has 1 saturated heterocycles. The van der Waals surface area contributed by atoms with E-state index < -0.39 is 0 Å². The lowest BCUT2D eigenvalue weighted by molar-refractivity contribution is -0.136. The van der Waals surface area contributed by atoms with E-state index in [1.165, 1.54) is 14.2 Å². The van der Waals surface area contributed by atoms with Crippen molar-refractivity contribution in [3.8, 4) is 17.1 Å². The van der Waals surface area contributed by atoms with E-state index in [0.29, 0.717) is 43.3 Å². The molecule has 1 aliphatic heterocycles. The van der Waals surface area contributed by atoms with Gasteiger partial charge in [-0.1, -0.05) is 12.1 Å². The van der Waals surface area contributed by atoms with Crippen LogP contribution in [-0.4, -0.2) is 78.8 Å². The highest BCUT2D eigenvalue weighted by molar-refractivity contribution is 5.94. The van der Waals surface area contributed by atoms with Crippen molar-refractivity contribution in [2.45, 2.75) is 0 Å². The van der Waals surface area contributed by atoms with Gasteiger partial charge in [-0.05, 0) is 18.2 Å². The third-order valence-electron chi connectivity index (χ3n) is 4.46. The number of hydrogen-bond acceptors (Lipinski definition) is 6. The summed E-state index contributed by atoms with van der Waals surface area (Å²) < 4.78 is 9.88. The van der Waals surface area contributed by atoms with E-state index in [2.05, 4.69) is 10.2 Å². The molecule has 0 unspecified atom stereocenters. The Balaban J connectivity index is 1.61. The minimum Gasteiger partial charge on any atom is -0.480 e. The third-order valence-corrected chi connectivity index (χ3v) is 4.46. The van der Waals surface area contributed by atoms with Crippen molar-refractivity contribution >= 4 is 11.8 Å². The van der Waals surface area contributed by atoms with E-state index >= 15 is 0 Å². The molecule has 0 N–H and O–H groups in total. The van der Waals surface area contributed by atoms with Gasteiger partial charge in [0.15, 0.2) is 0 Å². The number of hydrogen-bond donors (Lipinski definition) is 0. The van der Waals surface area contributed by atoms with Gasteiger partial charge in [-0.2, -0.15) is 0 Å². The Morgan fingerprint density at radius 1 is 0.926 bits per heavy atom. The summed E-state index contributed by atoms with van der Waals surface area (Å²) in [5.41, 5.74) is 2.19.